The summed E-state index contributed by atoms with van der Waals surface area (Å²) >= 11 is 0. The highest BCUT2D eigenvalue weighted by Gasteiger charge is 2.20. The zero-order chi connectivity index (χ0) is 11.4. The number of allylic oxidation sites excluding steroid dienone is 2. The Hall–Kier alpha value is -1.16. The van der Waals surface area contributed by atoms with E-state index in [-0.39, 0.29) is 5.83 Å². The Labute approximate surface area is 94.6 Å². The standard InChI is InChI=1S/C12H16FNO2/c13-11-2-1-9-16-12(11)5-8-14-6-3-10(15)4-7-14/h1-2,9,12H,3-8H2. The molecule has 1 unspecified atom stereocenters. The van der Waals surface area contributed by atoms with Crippen LogP contribution in [0.4, 0.5) is 4.39 Å². The van der Waals surface area contributed by atoms with Gasteiger partial charge < -0.3 is 9.64 Å². The normalized spacial score (nSPS) is 26.4. The molecule has 2 rings (SSSR count). The van der Waals surface area contributed by atoms with Gasteiger partial charge >= 0.3 is 0 Å². The fourth-order valence-electron chi connectivity index (χ4n) is 1.98. The smallest absolute Gasteiger partial charge is 0.150 e. The molecule has 2 aliphatic heterocycles. The second-order valence-corrected chi connectivity index (χ2v) is 4.17. The second kappa shape index (κ2) is 5.25. The predicted octanol–water partition coefficient (Wildman–Crippen LogP) is 1.81. The van der Waals surface area contributed by atoms with Crippen LogP contribution in [0.15, 0.2) is 24.2 Å². The fraction of sp³-hybridized carbons (Fsp3) is 0.583. The summed E-state index contributed by atoms with van der Waals surface area (Å²) in [5, 5.41) is 0. The van der Waals surface area contributed by atoms with Crippen LogP contribution in [0.5, 0.6) is 0 Å². The van der Waals surface area contributed by atoms with Crippen molar-refractivity contribution in [2.75, 3.05) is 19.6 Å². The molecule has 0 aromatic heterocycles. The van der Waals surface area contributed by atoms with E-state index in [9.17, 15) is 9.18 Å². The molecule has 2 aliphatic rings. The highest BCUT2D eigenvalue weighted by molar-refractivity contribution is 5.79. The summed E-state index contributed by atoms with van der Waals surface area (Å²) in [7, 11) is 0. The third kappa shape index (κ3) is 2.92. The summed E-state index contributed by atoms with van der Waals surface area (Å²) in [6.07, 6.45) is 5.98. The molecular weight excluding hydrogens is 209 g/mol. The summed E-state index contributed by atoms with van der Waals surface area (Å²) in [4.78, 5) is 13.2. The first-order valence-electron chi connectivity index (χ1n) is 5.67. The van der Waals surface area contributed by atoms with E-state index < -0.39 is 6.10 Å². The predicted molar refractivity (Wildman–Crippen MR) is 58.5 cm³/mol. The molecule has 3 nitrogen and oxygen atoms in total. The van der Waals surface area contributed by atoms with Crippen LogP contribution in [0.25, 0.3) is 0 Å². The Morgan fingerprint density at radius 2 is 2.19 bits per heavy atom. The van der Waals surface area contributed by atoms with E-state index in [1.807, 2.05) is 0 Å². The van der Waals surface area contributed by atoms with Crippen LogP contribution in [0, 0.1) is 0 Å². The van der Waals surface area contributed by atoms with Crippen molar-refractivity contribution in [1.29, 1.82) is 0 Å². The van der Waals surface area contributed by atoms with E-state index >= 15 is 0 Å². The van der Waals surface area contributed by atoms with Crippen LogP contribution in [0.3, 0.4) is 0 Å². The van der Waals surface area contributed by atoms with Gasteiger partial charge in [-0.2, -0.15) is 0 Å². The van der Waals surface area contributed by atoms with Gasteiger partial charge in [0.1, 0.15) is 11.6 Å². The van der Waals surface area contributed by atoms with Gasteiger partial charge in [-0.15, -0.1) is 0 Å². The van der Waals surface area contributed by atoms with Gasteiger partial charge in [0.25, 0.3) is 0 Å². The van der Waals surface area contributed by atoms with Crippen molar-refractivity contribution in [3.05, 3.63) is 24.2 Å². The Balaban J connectivity index is 1.73. The number of Topliss-reactive ketones (excluding diaryl/α,β-unsaturated/α-hetero) is 1. The van der Waals surface area contributed by atoms with E-state index in [2.05, 4.69) is 4.90 Å². The Morgan fingerprint density at radius 3 is 2.88 bits per heavy atom. The summed E-state index contributed by atoms with van der Waals surface area (Å²) in [6.45, 7) is 2.38. The van der Waals surface area contributed by atoms with Crippen molar-refractivity contribution in [2.45, 2.75) is 25.4 Å². The van der Waals surface area contributed by atoms with E-state index in [0.717, 1.165) is 19.6 Å². The molecule has 1 atom stereocenters. The molecule has 1 saturated heterocycles. The van der Waals surface area contributed by atoms with Gasteiger partial charge in [0.15, 0.2) is 6.10 Å². The van der Waals surface area contributed by atoms with Gasteiger partial charge in [-0.3, -0.25) is 4.79 Å². The minimum absolute atomic E-state index is 0.212. The van der Waals surface area contributed by atoms with E-state index in [0.29, 0.717) is 25.0 Å². The van der Waals surface area contributed by atoms with Crippen LogP contribution in [0.1, 0.15) is 19.3 Å². The van der Waals surface area contributed by atoms with E-state index in [1.54, 1.807) is 6.08 Å². The fourth-order valence-corrected chi connectivity index (χ4v) is 1.98. The van der Waals surface area contributed by atoms with Crippen molar-refractivity contribution in [2.24, 2.45) is 0 Å². The van der Waals surface area contributed by atoms with Crippen molar-refractivity contribution in [1.82, 2.24) is 4.90 Å². The molecule has 0 bridgehead atoms. The molecule has 0 aromatic rings. The van der Waals surface area contributed by atoms with Gasteiger partial charge in [0, 0.05) is 38.9 Å². The average molecular weight is 225 g/mol. The maximum Gasteiger partial charge on any atom is 0.150 e. The molecule has 0 N–H and O–H groups in total. The zero-order valence-electron chi connectivity index (χ0n) is 9.19. The maximum atomic E-state index is 13.3. The lowest BCUT2D eigenvalue weighted by atomic mass is 10.1. The molecule has 0 amide bonds. The van der Waals surface area contributed by atoms with Crippen LogP contribution in [-0.2, 0) is 9.53 Å². The van der Waals surface area contributed by atoms with Crippen molar-refractivity contribution < 1.29 is 13.9 Å². The van der Waals surface area contributed by atoms with Crippen molar-refractivity contribution >= 4 is 5.78 Å². The Kier molecular flexibility index (Phi) is 3.72. The SMILES string of the molecule is O=C1CCN(CCC2OC=CC=C2F)CC1. The number of carbonyl (C=O) groups is 1. The number of likely N-dealkylation sites (tertiary alicyclic amines) is 1. The molecule has 0 spiro atoms. The van der Waals surface area contributed by atoms with Gasteiger partial charge in [-0.25, -0.2) is 4.39 Å². The first-order chi connectivity index (χ1) is 7.75. The lowest BCUT2D eigenvalue weighted by molar-refractivity contribution is -0.121. The molecule has 0 aliphatic carbocycles. The number of halogens is 1. The number of carbonyl (C=O) groups excluding carboxylic acids is 1. The molecule has 4 heteroatoms. The van der Waals surface area contributed by atoms with Crippen LogP contribution in [-0.4, -0.2) is 36.4 Å². The second-order valence-electron chi connectivity index (χ2n) is 4.17. The lowest BCUT2D eigenvalue weighted by Gasteiger charge is -2.27. The monoisotopic (exact) mass is 225 g/mol. The summed E-state index contributed by atoms with van der Waals surface area (Å²) in [6, 6.07) is 0. The largest absolute Gasteiger partial charge is 0.491 e. The highest BCUT2D eigenvalue weighted by atomic mass is 19.1. The van der Waals surface area contributed by atoms with Gasteiger partial charge in [-0.1, -0.05) is 0 Å². The number of hydrogen-bond acceptors (Lipinski definition) is 3. The van der Waals surface area contributed by atoms with E-state index in [1.165, 1.54) is 12.3 Å². The molecule has 16 heavy (non-hydrogen) atoms. The molecule has 0 saturated carbocycles. The van der Waals surface area contributed by atoms with Crippen LogP contribution in [0.2, 0.25) is 0 Å². The quantitative estimate of drug-likeness (QED) is 0.733. The van der Waals surface area contributed by atoms with Gasteiger partial charge in [0.2, 0.25) is 0 Å². The molecule has 0 aromatic carbocycles. The molecular formula is C12H16FNO2. The number of piperidine rings is 1. The third-order valence-corrected chi connectivity index (χ3v) is 3.01. The molecule has 0 radical (unpaired) electrons. The average Bonchev–Trinajstić information content (AvgIpc) is 2.30. The summed E-state index contributed by atoms with van der Waals surface area (Å²) in [5.74, 6) is 0.120. The topological polar surface area (TPSA) is 29.5 Å². The number of ether oxygens (including phenoxy) is 1. The first kappa shape index (κ1) is 11.3. The van der Waals surface area contributed by atoms with Crippen LogP contribution < -0.4 is 0 Å². The van der Waals surface area contributed by atoms with Crippen LogP contribution >= 0.6 is 0 Å². The minimum atomic E-state index is -0.442. The Bertz CT molecular complexity index is 315. The van der Waals surface area contributed by atoms with Gasteiger partial charge in [0.05, 0.1) is 6.26 Å². The minimum Gasteiger partial charge on any atom is -0.491 e. The number of rotatable bonds is 3. The molecule has 88 valence electrons. The summed E-state index contributed by atoms with van der Waals surface area (Å²) in [5.41, 5.74) is 0. The van der Waals surface area contributed by atoms with Crippen molar-refractivity contribution in [3.63, 3.8) is 0 Å². The Morgan fingerprint density at radius 1 is 1.44 bits per heavy atom. The third-order valence-electron chi connectivity index (χ3n) is 3.01. The van der Waals surface area contributed by atoms with Gasteiger partial charge in [-0.05, 0) is 12.2 Å². The molecule has 2 heterocycles. The maximum absolute atomic E-state index is 13.3. The number of ketones is 1. The lowest BCUT2D eigenvalue weighted by Crippen LogP contribution is -2.36. The number of nitrogens with zero attached hydrogens (tertiary/aromatic N) is 1. The molecule has 1 fully saturated rings. The first-order valence-corrected chi connectivity index (χ1v) is 5.67. The zero-order valence-corrected chi connectivity index (χ0v) is 9.19. The van der Waals surface area contributed by atoms with Crippen molar-refractivity contribution in [3.8, 4) is 0 Å². The van der Waals surface area contributed by atoms with E-state index in [4.69, 9.17) is 4.74 Å². The summed E-state index contributed by atoms with van der Waals surface area (Å²) < 4.78 is 18.5. The highest BCUT2D eigenvalue weighted by Crippen LogP contribution is 2.18. The number of hydrogen-bond donors (Lipinski definition) is 0.